The fourth-order valence-electron chi connectivity index (χ4n) is 4.71. The molecule has 4 rings (SSSR count). The zero-order chi connectivity index (χ0) is 22.2. The van der Waals surface area contributed by atoms with Crippen molar-refractivity contribution in [2.45, 2.75) is 58.0 Å². The summed E-state index contributed by atoms with van der Waals surface area (Å²) in [5.74, 6) is -0.537. The van der Waals surface area contributed by atoms with Crippen LogP contribution in [0.15, 0.2) is 36.4 Å². The molecule has 2 aromatic rings. The number of esters is 1. The predicted octanol–water partition coefficient (Wildman–Crippen LogP) is 4.63. The number of aromatic nitrogens is 1. The second-order valence-corrected chi connectivity index (χ2v) is 9.37. The summed E-state index contributed by atoms with van der Waals surface area (Å²) in [4.78, 5) is 31.4. The fraction of sp³-hybridized carbons (Fsp3) is 0.480. The molecule has 1 atom stereocenters. The maximum Gasteiger partial charge on any atom is 0.310 e. The van der Waals surface area contributed by atoms with E-state index >= 15 is 0 Å². The van der Waals surface area contributed by atoms with E-state index in [1.165, 1.54) is 12.1 Å². The topological polar surface area (TPSA) is 59.5 Å². The summed E-state index contributed by atoms with van der Waals surface area (Å²) in [7, 11) is 0. The number of hydrogen-bond donors (Lipinski definition) is 0. The number of amides is 1. The van der Waals surface area contributed by atoms with Crippen LogP contribution in [0.1, 0.15) is 56.8 Å². The Morgan fingerprint density at radius 1 is 1.16 bits per heavy atom. The Morgan fingerprint density at radius 2 is 1.84 bits per heavy atom. The van der Waals surface area contributed by atoms with Crippen LogP contribution in [-0.2, 0) is 14.3 Å². The minimum absolute atomic E-state index is 0.0299. The van der Waals surface area contributed by atoms with Crippen LogP contribution in [0.25, 0.3) is 11.1 Å². The monoisotopic (exact) mass is 424 g/mol. The molecular formula is C25H29FN2O3. The predicted molar refractivity (Wildman–Crippen MR) is 116 cm³/mol. The van der Waals surface area contributed by atoms with Crippen molar-refractivity contribution in [3.8, 4) is 11.1 Å². The lowest BCUT2D eigenvalue weighted by Crippen LogP contribution is -2.39. The molecule has 0 radical (unpaired) electrons. The summed E-state index contributed by atoms with van der Waals surface area (Å²) < 4.78 is 18.6. The lowest BCUT2D eigenvalue weighted by Gasteiger charge is -2.32. The van der Waals surface area contributed by atoms with Crippen molar-refractivity contribution >= 4 is 11.9 Å². The molecule has 31 heavy (non-hydrogen) atoms. The van der Waals surface area contributed by atoms with Gasteiger partial charge in [-0.1, -0.05) is 12.1 Å². The number of benzene rings is 1. The number of cyclic esters (lactones) is 1. The highest BCUT2D eigenvalue weighted by molar-refractivity contribution is 5.84. The summed E-state index contributed by atoms with van der Waals surface area (Å²) in [5.41, 5.74) is 3.47. The molecule has 2 fully saturated rings. The highest BCUT2D eigenvalue weighted by atomic mass is 19.1. The standard InChI is InChI=1S/C25H29FN2O3/c1-16-12-19(17-4-6-21(26)7-5-17)13-22(27-16)18-8-10-28(11-9-18)23(29)14-20-15-25(2,3)31-24(20)30/h4-7,12-13,18,20H,8-11,14-15H2,1-3H3/t20-/m0/s1. The van der Waals surface area contributed by atoms with E-state index in [0.29, 0.717) is 19.5 Å². The van der Waals surface area contributed by atoms with Gasteiger partial charge in [0.15, 0.2) is 0 Å². The second-order valence-electron chi connectivity index (χ2n) is 9.37. The van der Waals surface area contributed by atoms with Crippen LogP contribution in [0.5, 0.6) is 0 Å². The third-order valence-corrected chi connectivity index (χ3v) is 6.29. The van der Waals surface area contributed by atoms with Crippen molar-refractivity contribution in [1.29, 1.82) is 0 Å². The molecule has 2 aliphatic rings. The first-order valence-electron chi connectivity index (χ1n) is 11.0. The molecule has 1 aromatic carbocycles. The van der Waals surface area contributed by atoms with Gasteiger partial charge in [-0.3, -0.25) is 14.6 Å². The van der Waals surface area contributed by atoms with Crippen LogP contribution >= 0.6 is 0 Å². The maximum absolute atomic E-state index is 13.3. The van der Waals surface area contributed by atoms with Gasteiger partial charge in [-0.05, 0) is 69.0 Å². The van der Waals surface area contributed by atoms with Crippen molar-refractivity contribution in [3.63, 3.8) is 0 Å². The van der Waals surface area contributed by atoms with Crippen molar-refractivity contribution in [1.82, 2.24) is 9.88 Å². The van der Waals surface area contributed by atoms with Gasteiger partial charge in [0.05, 0.1) is 5.92 Å². The molecule has 0 unspecified atom stereocenters. The summed E-state index contributed by atoms with van der Waals surface area (Å²) in [6.45, 7) is 7.06. The molecule has 0 spiro atoms. The van der Waals surface area contributed by atoms with E-state index in [9.17, 15) is 14.0 Å². The third-order valence-electron chi connectivity index (χ3n) is 6.29. The smallest absolute Gasteiger partial charge is 0.310 e. The molecule has 164 valence electrons. The number of rotatable bonds is 4. The Kier molecular flexibility index (Phi) is 5.82. The van der Waals surface area contributed by atoms with Gasteiger partial charge in [0.1, 0.15) is 11.4 Å². The average molecular weight is 425 g/mol. The molecule has 2 aliphatic heterocycles. The van der Waals surface area contributed by atoms with Crippen LogP contribution in [0, 0.1) is 18.7 Å². The van der Waals surface area contributed by atoms with Gasteiger partial charge in [-0.15, -0.1) is 0 Å². The van der Waals surface area contributed by atoms with Gasteiger partial charge < -0.3 is 9.64 Å². The maximum atomic E-state index is 13.3. The number of halogens is 1. The largest absolute Gasteiger partial charge is 0.459 e. The number of likely N-dealkylation sites (tertiary alicyclic amines) is 1. The van der Waals surface area contributed by atoms with E-state index in [0.717, 1.165) is 35.4 Å². The number of carbonyl (C=O) groups excluding carboxylic acids is 2. The second kappa shape index (κ2) is 8.40. The molecule has 0 bridgehead atoms. The molecule has 3 heterocycles. The summed E-state index contributed by atoms with van der Waals surface area (Å²) in [6, 6.07) is 10.6. The van der Waals surface area contributed by atoms with Gasteiger partial charge in [0.2, 0.25) is 5.91 Å². The van der Waals surface area contributed by atoms with E-state index in [1.807, 2.05) is 31.7 Å². The normalized spacial score (nSPS) is 21.2. The zero-order valence-electron chi connectivity index (χ0n) is 18.4. The zero-order valence-corrected chi connectivity index (χ0v) is 18.4. The van der Waals surface area contributed by atoms with Crippen molar-refractivity contribution in [2.24, 2.45) is 5.92 Å². The van der Waals surface area contributed by atoms with Crippen LogP contribution in [0.4, 0.5) is 4.39 Å². The quantitative estimate of drug-likeness (QED) is 0.672. The highest BCUT2D eigenvalue weighted by Gasteiger charge is 2.41. The summed E-state index contributed by atoms with van der Waals surface area (Å²) in [6.07, 6.45) is 2.50. The molecule has 5 nitrogen and oxygen atoms in total. The van der Waals surface area contributed by atoms with E-state index < -0.39 is 5.60 Å². The molecule has 1 aromatic heterocycles. The number of ether oxygens (including phenoxy) is 1. The van der Waals surface area contributed by atoms with E-state index in [-0.39, 0.29) is 36.0 Å². The molecule has 0 saturated carbocycles. The molecule has 6 heteroatoms. The van der Waals surface area contributed by atoms with Gasteiger partial charge in [-0.25, -0.2) is 4.39 Å². The van der Waals surface area contributed by atoms with Crippen LogP contribution in [0.2, 0.25) is 0 Å². The van der Waals surface area contributed by atoms with Crippen molar-refractivity contribution in [3.05, 3.63) is 53.6 Å². The summed E-state index contributed by atoms with van der Waals surface area (Å²) in [5, 5.41) is 0. The lowest BCUT2D eigenvalue weighted by molar-refractivity contribution is -0.150. The molecule has 0 N–H and O–H groups in total. The lowest BCUT2D eigenvalue weighted by atomic mass is 9.90. The number of piperidine rings is 1. The Morgan fingerprint density at radius 3 is 2.45 bits per heavy atom. The van der Waals surface area contributed by atoms with Crippen LogP contribution in [-0.4, -0.2) is 40.5 Å². The first-order chi connectivity index (χ1) is 14.7. The van der Waals surface area contributed by atoms with Gasteiger partial charge >= 0.3 is 5.97 Å². The minimum atomic E-state index is -0.478. The van der Waals surface area contributed by atoms with Crippen LogP contribution in [0.3, 0.4) is 0 Å². The first kappa shape index (κ1) is 21.5. The number of pyridine rings is 1. The molecule has 0 aliphatic carbocycles. The number of carbonyl (C=O) groups is 2. The Labute approximate surface area is 182 Å². The SMILES string of the molecule is Cc1cc(-c2ccc(F)cc2)cc(C2CCN(C(=O)C[C@H]3CC(C)(C)OC3=O)CC2)n1. The van der Waals surface area contributed by atoms with Crippen molar-refractivity contribution in [2.75, 3.05) is 13.1 Å². The Bertz CT molecular complexity index is 979. The molecule has 1 amide bonds. The van der Waals surface area contributed by atoms with Gasteiger partial charge in [0.25, 0.3) is 0 Å². The van der Waals surface area contributed by atoms with Crippen LogP contribution < -0.4 is 0 Å². The van der Waals surface area contributed by atoms with E-state index in [4.69, 9.17) is 9.72 Å². The average Bonchev–Trinajstić information content (AvgIpc) is 2.99. The minimum Gasteiger partial charge on any atom is -0.459 e. The fourth-order valence-corrected chi connectivity index (χ4v) is 4.71. The van der Waals surface area contributed by atoms with Gasteiger partial charge in [-0.2, -0.15) is 0 Å². The number of hydrogen-bond acceptors (Lipinski definition) is 4. The summed E-state index contributed by atoms with van der Waals surface area (Å²) >= 11 is 0. The van der Waals surface area contributed by atoms with E-state index in [1.54, 1.807) is 12.1 Å². The van der Waals surface area contributed by atoms with Gasteiger partial charge in [0, 0.05) is 43.2 Å². The Hall–Kier alpha value is -2.76. The third kappa shape index (κ3) is 4.94. The molecular weight excluding hydrogens is 395 g/mol. The number of aryl methyl sites for hydroxylation is 1. The highest BCUT2D eigenvalue weighted by Crippen LogP contribution is 2.34. The number of nitrogens with zero attached hydrogens (tertiary/aromatic N) is 2. The Balaban J connectivity index is 1.39. The van der Waals surface area contributed by atoms with Crippen molar-refractivity contribution < 1.29 is 18.7 Å². The first-order valence-corrected chi connectivity index (χ1v) is 11.0. The van der Waals surface area contributed by atoms with E-state index in [2.05, 4.69) is 6.07 Å². The molecule has 2 saturated heterocycles.